The van der Waals surface area contributed by atoms with Crippen molar-refractivity contribution in [2.45, 2.75) is 76.2 Å². The van der Waals surface area contributed by atoms with Gasteiger partial charge in [-0.15, -0.1) is 5.10 Å². The first kappa shape index (κ1) is 30.3. The zero-order chi connectivity index (χ0) is 29.8. The summed E-state index contributed by atoms with van der Waals surface area (Å²) in [5.74, 6) is -3.98. The molecule has 41 heavy (non-hydrogen) atoms. The molecule has 1 saturated carbocycles. The van der Waals surface area contributed by atoms with Crippen molar-refractivity contribution in [1.82, 2.24) is 35.6 Å². The van der Waals surface area contributed by atoms with Gasteiger partial charge in [0.1, 0.15) is 5.82 Å². The van der Waals surface area contributed by atoms with Crippen molar-refractivity contribution in [2.24, 2.45) is 5.92 Å². The number of rotatable bonds is 11. The number of alkyl halides is 5. The SMILES string of the molecule is COCCn1ncc(C(=O)N[C@H](c2nc3ccc([C@@H](C)NC(=O)CCC(F)(F)F)cc3[nH]2)C2CCC(F)(F)CC2)n1. The lowest BCUT2D eigenvalue weighted by atomic mass is 9.81. The van der Waals surface area contributed by atoms with Gasteiger partial charge in [-0.3, -0.25) is 9.59 Å². The molecule has 15 heteroatoms. The largest absolute Gasteiger partial charge is 0.389 e. The molecule has 0 radical (unpaired) electrons. The fraction of sp³-hybridized carbons (Fsp3) is 0.577. The molecular weight excluding hydrogens is 553 g/mol. The highest BCUT2D eigenvalue weighted by Crippen LogP contribution is 2.41. The maximum absolute atomic E-state index is 13.9. The van der Waals surface area contributed by atoms with Crippen LogP contribution in [0.5, 0.6) is 0 Å². The predicted molar refractivity (Wildman–Crippen MR) is 137 cm³/mol. The zero-order valence-corrected chi connectivity index (χ0v) is 22.6. The lowest BCUT2D eigenvalue weighted by Gasteiger charge is -2.33. The highest BCUT2D eigenvalue weighted by Gasteiger charge is 2.39. The summed E-state index contributed by atoms with van der Waals surface area (Å²) in [6.45, 7) is 2.35. The summed E-state index contributed by atoms with van der Waals surface area (Å²) in [7, 11) is 1.53. The molecule has 2 heterocycles. The Morgan fingerprint density at radius 1 is 1.22 bits per heavy atom. The van der Waals surface area contributed by atoms with Gasteiger partial charge in [0.15, 0.2) is 5.69 Å². The van der Waals surface area contributed by atoms with Gasteiger partial charge in [-0.1, -0.05) is 6.07 Å². The molecule has 1 aliphatic carbocycles. The number of nitrogens with one attached hydrogen (secondary N) is 3. The van der Waals surface area contributed by atoms with Crippen LogP contribution in [-0.2, 0) is 16.1 Å². The van der Waals surface area contributed by atoms with E-state index in [9.17, 15) is 31.5 Å². The Morgan fingerprint density at radius 3 is 2.63 bits per heavy atom. The summed E-state index contributed by atoms with van der Waals surface area (Å²) in [5, 5.41) is 13.7. The molecule has 0 unspecified atom stereocenters. The first-order valence-corrected chi connectivity index (χ1v) is 13.3. The van der Waals surface area contributed by atoms with Crippen LogP contribution in [0.4, 0.5) is 22.0 Å². The fourth-order valence-corrected chi connectivity index (χ4v) is 4.82. The van der Waals surface area contributed by atoms with E-state index in [4.69, 9.17) is 4.74 Å². The van der Waals surface area contributed by atoms with Gasteiger partial charge in [0, 0.05) is 26.4 Å². The third-order valence-corrected chi connectivity index (χ3v) is 7.12. The van der Waals surface area contributed by atoms with E-state index in [1.165, 1.54) is 18.1 Å². The van der Waals surface area contributed by atoms with Crippen LogP contribution in [0, 0.1) is 5.92 Å². The summed E-state index contributed by atoms with van der Waals surface area (Å²) in [6, 6.07) is 3.77. The second kappa shape index (κ2) is 12.5. The Labute approximate surface area is 232 Å². The molecular formula is C26H32F5N7O3. The molecule has 1 fully saturated rings. The van der Waals surface area contributed by atoms with Gasteiger partial charge in [0.05, 0.1) is 48.9 Å². The third-order valence-electron chi connectivity index (χ3n) is 7.12. The molecule has 4 rings (SSSR count). The van der Waals surface area contributed by atoms with E-state index in [1.54, 1.807) is 25.1 Å². The second-order valence-electron chi connectivity index (χ2n) is 10.3. The Bertz CT molecular complexity index is 1350. The highest BCUT2D eigenvalue weighted by atomic mass is 19.4. The molecule has 0 aliphatic heterocycles. The first-order valence-electron chi connectivity index (χ1n) is 13.3. The number of fused-ring (bicyclic) bond motifs is 1. The van der Waals surface area contributed by atoms with Crippen molar-refractivity contribution in [3.05, 3.63) is 41.5 Å². The molecule has 224 valence electrons. The van der Waals surface area contributed by atoms with Gasteiger partial charge in [-0.25, -0.2) is 13.8 Å². The number of hydrogen-bond acceptors (Lipinski definition) is 6. The first-order chi connectivity index (χ1) is 19.3. The summed E-state index contributed by atoms with van der Waals surface area (Å²) in [6.07, 6.45) is -5.28. The number of imidazole rings is 1. The number of halogens is 5. The standard InChI is InChI=1S/C26H32F5N7O3/c1-15(33-21(39)7-10-26(29,30)31)17-3-4-18-19(13-17)35-23(34-18)22(16-5-8-25(27,28)9-6-16)36-24(40)20-14-32-38(37-20)11-12-41-2/h3-4,13-16,22H,5-12H2,1-2H3,(H,33,39)(H,34,35)(H,36,40)/t15-,22+/m1/s1. The van der Waals surface area contributed by atoms with Crippen LogP contribution in [0.3, 0.4) is 0 Å². The van der Waals surface area contributed by atoms with E-state index in [2.05, 4.69) is 30.8 Å². The molecule has 1 aliphatic rings. The number of ether oxygens (including phenoxy) is 1. The number of hydrogen-bond donors (Lipinski definition) is 3. The zero-order valence-electron chi connectivity index (χ0n) is 22.6. The maximum atomic E-state index is 13.9. The number of carbonyl (C=O) groups is 2. The molecule has 0 spiro atoms. The van der Waals surface area contributed by atoms with Gasteiger partial charge in [-0.2, -0.15) is 23.1 Å². The fourth-order valence-electron chi connectivity index (χ4n) is 4.82. The average Bonchev–Trinajstić information content (AvgIpc) is 3.56. The van der Waals surface area contributed by atoms with Crippen LogP contribution < -0.4 is 10.6 Å². The van der Waals surface area contributed by atoms with E-state index in [0.717, 1.165) is 0 Å². The van der Waals surface area contributed by atoms with E-state index < -0.39 is 48.8 Å². The number of aromatic nitrogens is 5. The van der Waals surface area contributed by atoms with Crippen molar-refractivity contribution in [3.63, 3.8) is 0 Å². The van der Waals surface area contributed by atoms with Crippen molar-refractivity contribution in [2.75, 3.05) is 13.7 Å². The van der Waals surface area contributed by atoms with Crippen LogP contribution >= 0.6 is 0 Å². The molecule has 3 aromatic rings. The van der Waals surface area contributed by atoms with Gasteiger partial charge < -0.3 is 20.4 Å². The second-order valence-corrected chi connectivity index (χ2v) is 10.3. The number of carbonyl (C=O) groups excluding carboxylic acids is 2. The van der Waals surface area contributed by atoms with E-state index in [1.807, 2.05) is 0 Å². The Balaban J connectivity index is 1.53. The third kappa shape index (κ3) is 8.21. The average molecular weight is 586 g/mol. The van der Waals surface area contributed by atoms with Crippen molar-refractivity contribution in [1.29, 1.82) is 0 Å². The van der Waals surface area contributed by atoms with Crippen molar-refractivity contribution < 1.29 is 36.3 Å². The summed E-state index contributed by atoms with van der Waals surface area (Å²) >= 11 is 0. The molecule has 1 aromatic carbocycles. The van der Waals surface area contributed by atoms with Crippen LogP contribution in [0.25, 0.3) is 11.0 Å². The Kier molecular flexibility index (Phi) is 9.24. The lowest BCUT2D eigenvalue weighted by molar-refractivity contribution is -0.144. The van der Waals surface area contributed by atoms with Gasteiger partial charge in [0.2, 0.25) is 11.8 Å². The summed E-state index contributed by atoms with van der Waals surface area (Å²) in [4.78, 5) is 34.2. The van der Waals surface area contributed by atoms with Gasteiger partial charge >= 0.3 is 6.18 Å². The Morgan fingerprint density at radius 2 is 1.95 bits per heavy atom. The van der Waals surface area contributed by atoms with Crippen molar-refractivity contribution in [3.8, 4) is 0 Å². The minimum Gasteiger partial charge on any atom is -0.383 e. The van der Waals surface area contributed by atoms with Crippen LogP contribution in [0.2, 0.25) is 0 Å². The van der Waals surface area contributed by atoms with Crippen molar-refractivity contribution >= 4 is 22.8 Å². The molecule has 3 N–H and O–H groups in total. The van der Waals surface area contributed by atoms with Gasteiger partial charge in [-0.05, 0) is 43.4 Å². The molecule has 10 nitrogen and oxygen atoms in total. The summed E-state index contributed by atoms with van der Waals surface area (Å²) in [5.41, 5.74) is 1.77. The predicted octanol–water partition coefficient (Wildman–Crippen LogP) is 4.62. The summed E-state index contributed by atoms with van der Waals surface area (Å²) < 4.78 is 70.2. The normalized spacial score (nSPS) is 17.3. The number of H-pyrrole nitrogens is 1. The molecule has 0 saturated heterocycles. The number of aromatic amines is 1. The minimum atomic E-state index is -4.42. The number of nitrogens with zero attached hydrogens (tertiary/aromatic N) is 4. The number of methoxy groups -OCH3 is 1. The number of amides is 2. The topological polar surface area (TPSA) is 127 Å². The Hall–Kier alpha value is -3.62. The smallest absolute Gasteiger partial charge is 0.383 e. The molecule has 0 bridgehead atoms. The molecule has 2 aromatic heterocycles. The molecule has 2 amide bonds. The van der Waals surface area contributed by atoms with E-state index in [-0.39, 0.29) is 37.3 Å². The number of benzene rings is 1. The lowest BCUT2D eigenvalue weighted by Crippen LogP contribution is -2.38. The van der Waals surface area contributed by atoms with Crippen LogP contribution in [0.15, 0.2) is 24.4 Å². The quantitative estimate of drug-likeness (QED) is 0.282. The van der Waals surface area contributed by atoms with E-state index >= 15 is 0 Å². The van der Waals surface area contributed by atoms with Crippen LogP contribution in [0.1, 0.15) is 79.4 Å². The van der Waals surface area contributed by atoms with Crippen LogP contribution in [-0.4, -0.2) is 62.6 Å². The van der Waals surface area contributed by atoms with E-state index in [0.29, 0.717) is 35.6 Å². The maximum Gasteiger partial charge on any atom is 0.389 e. The van der Waals surface area contributed by atoms with Gasteiger partial charge in [0.25, 0.3) is 5.91 Å². The minimum absolute atomic E-state index is 0.0562. The monoisotopic (exact) mass is 585 g/mol. The highest BCUT2D eigenvalue weighted by molar-refractivity contribution is 5.92. The molecule has 2 atom stereocenters.